The molecule has 17 heavy (non-hydrogen) atoms. The summed E-state index contributed by atoms with van der Waals surface area (Å²) in [5.74, 6) is 2.61. The van der Waals surface area contributed by atoms with E-state index in [1.54, 1.807) is 0 Å². The van der Waals surface area contributed by atoms with Crippen molar-refractivity contribution in [3.05, 3.63) is 21.9 Å². The standard InChI is InChI=1S/C13H21NS3/c1-4-14-12(11-7-9(2)17-8-11)13-10(3)15-5-6-16-13/h7-8,10,12-14H,4-6H2,1-3H3. The molecule has 1 aromatic heterocycles. The summed E-state index contributed by atoms with van der Waals surface area (Å²) >= 11 is 6.14. The van der Waals surface area contributed by atoms with Crippen molar-refractivity contribution in [1.29, 1.82) is 0 Å². The average molecular weight is 288 g/mol. The minimum Gasteiger partial charge on any atom is -0.309 e. The van der Waals surface area contributed by atoms with Gasteiger partial charge in [-0.25, -0.2) is 0 Å². The first-order valence-electron chi connectivity index (χ1n) is 6.24. The lowest BCUT2D eigenvalue weighted by molar-refractivity contribution is 0.527. The molecule has 1 aliphatic heterocycles. The Labute approximate surface area is 117 Å². The van der Waals surface area contributed by atoms with Crippen LogP contribution < -0.4 is 5.32 Å². The molecular weight excluding hydrogens is 266 g/mol. The van der Waals surface area contributed by atoms with Crippen LogP contribution in [0.5, 0.6) is 0 Å². The molecule has 0 bridgehead atoms. The molecule has 0 saturated carbocycles. The van der Waals surface area contributed by atoms with Crippen LogP contribution in [0.25, 0.3) is 0 Å². The van der Waals surface area contributed by atoms with Gasteiger partial charge in [0.1, 0.15) is 0 Å². The first kappa shape index (κ1) is 13.8. The van der Waals surface area contributed by atoms with Crippen molar-refractivity contribution in [3.63, 3.8) is 0 Å². The van der Waals surface area contributed by atoms with E-state index in [4.69, 9.17) is 0 Å². The van der Waals surface area contributed by atoms with Crippen molar-refractivity contribution in [2.75, 3.05) is 18.1 Å². The molecule has 1 nitrogen and oxygen atoms in total. The highest BCUT2D eigenvalue weighted by Gasteiger charge is 2.31. The molecule has 2 rings (SSSR count). The molecule has 0 spiro atoms. The summed E-state index contributed by atoms with van der Waals surface area (Å²) in [7, 11) is 0. The average Bonchev–Trinajstić information content (AvgIpc) is 2.74. The van der Waals surface area contributed by atoms with Crippen LogP contribution in [0.15, 0.2) is 11.4 Å². The van der Waals surface area contributed by atoms with E-state index < -0.39 is 0 Å². The molecule has 2 heterocycles. The Hall–Kier alpha value is 0.360. The van der Waals surface area contributed by atoms with E-state index in [2.05, 4.69) is 61.1 Å². The van der Waals surface area contributed by atoms with Crippen LogP contribution in [0.2, 0.25) is 0 Å². The molecule has 1 aliphatic rings. The van der Waals surface area contributed by atoms with E-state index in [0.29, 0.717) is 11.3 Å². The lowest BCUT2D eigenvalue weighted by Gasteiger charge is -2.34. The fourth-order valence-corrected chi connectivity index (χ4v) is 5.98. The Morgan fingerprint density at radius 3 is 2.76 bits per heavy atom. The number of thiophene rings is 1. The van der Waals surface area contributed by atoms with Gasteiger partial charge < -0.3 is 5.32 Å². The Morgan fingerprint density at radius 2 is 2.18 bits per heavy atom. The van der Waals surface area contributed by atoms with Gasteiger partial charge in [0.25, 0.3) is 0 Å². The van der Waals surface area contributed by atoms with Crippen molar-refractivity contribution in [2.24, 2.45) is 0 Å². The smallest absolute Gasteiger partial charge is 0.0459 e. The van der Waals surface area contributed by atoms with Crippen LogP contribution >= 0.6 is 34.9 Å². The molecule has 0 aliphatic carbocycles. The Bertz CT molecular complexity index is 350. The zero-order valence-corrected chi connectivity index (χ0v) is 13.2. The third-order valence-electron chi connectivity index (χ3n) is 3.10. The van der Waals surface area contributed by atoms with Crippen LogP contribution in [0.3, 0.4) is 0 Å². The number of hydrogen-bond donors (Lipinski definition) is 1. The summed E-state index contributed by atoms with van der Waals surface area (Å²) in [6.45, 7) is 7.83. The largest absolute Gasteiger partial charge is 0.309 e. The monoisotopic (exact) mass is 287 g/mol. The van der Waals surface area contributed by atoms with E-state index in [0.717, 1.165) is 11.8 Å². The predicted octanol–water partition coefficient (Wildman–Crippen LogP) is 3.94. The highest BCUT2D eigenvalue weighted by molar-refractivity contribution is 8.07. The first-order chi connectivity index (χ1) is 8.22. The molecule has 0 aromatic carbocycles. The molecule has 3 unspecified atom stereocenters. The van der Waals surface area contributed by atoms with Gasteiger partial charge in [-0.3, -0.25) is 0 Å². The molecule has 3 atom stereocenters. The van der Waals surface area contributed by atoms with Crippen molar-refractivity contribution in [1.82, 2.24) is 5.32 Å². The lowest BCUT2D eigenvalue weighted by atomic mass is 10.0. The van der Waals surface area contributed by atoms with E-state index in [9.17, 15) is 0 Å². The van der Waals surface area contributed by atoms with Crippen LogP contribution in [0, 0.1) is 6.92 Å². The maximum atomic E-state index is 3.68. The summed E-state index contributed by atoms with van der Waals surface area (Å²) < 4.78 is 0. The summed E-state index contributed by atoms with van der Waals surface area (Å²) in [6.07, 6.45) is 0. The molecule has 4 heteroatoms. The number of rotatable bonds is 4. The highest BCUT2D eigenvalue weighted by atomic mass is 32.2. The fraction of sp³-hybridized carbons (Fsp3) is 0.692. The third kappa shape index (κ3) is 3.43. The van der Waals surface area contributed by atoms with Crippen LogP contribution in [0.4, 0.5) is 0 Å². The van der Waals surface area contributed by atoms with Gasteiger partial charge in [0.2, 0.25) is 0 Å². The van der Waals surface area contributed by atoms with Gasteiger partial charge in [-0.1, -0.05) is 13.8 Å². The summed E-state index contributed by atoms with van der Waals surface area (Å²) in [5, 5.41) is 7.47. The van der Waals surface area contributed by atoms with E-state index in [1.165, 1.54) is 21.9 Å². The summed E-state index contributed by atoms with van der Waals surface area (Å²) in [6, 6.07) is 2.88. The zero-order valence-electron chi connectivity index (χ0n) is 10.7. The van der Waals surface area contributed by atoms with Gasteiger partial charge in [0.15, 0.2) is 0 Å². The van der Waals surface area contributed by atoms with E-state index >= 15 is 0 Å². The van der Waals surface area contributed by atoms with Crippen LogP contribution in [0.1, 0.15) is 30.3 Å². The number of nitrogens with one attached hydrogen (secondary N) is 1. The number of thioether (sulfide) groups is 2. The highest BCUT2D eigenvalue weighted by Crippen LogP contribution is 2.39. The maximum absolute atomic E-state index is 3.68. The van der Waals surface area contributed by atoms with Gasteiger partial charge in [0.05, 0.1) is 0 Å². The van der Waals surface area contributed by atoms with Gasteiger partial charge in [-0.2, -0.15) is 23.5 Å². The Kier molecular flexibility index (Phi) is 5.27. The molecule has 0 radical (unpaired) electrons. The molecule has 96 valence electrons. The van der Waals surface area contributed by atoms with Gasteiger partial charge >= 0.3 is 0 Å². The predicted molar refractivity (Wildman–Crippen MR) is 83.6 cm³/mol. The van der Waals surface area contributed by atoms with Crippen molar-refractivity contribution >= 4 is 34.9 Å². The van der Waals surface area contributed by atoms with Gasteiger partial charge in [0, 0.05) is 32.9 Å². The molecule has 1 N–H and O–H groups in total. The topological polar surface area (TPSA) is 12.0 Å². The maximum Gasteiger partial charge on any atom is 0.0459 e. The first-order valence-corrected chi connectivity index (χ1v) is 9.21. The lowest BCUT2D eigenvalue weighted by Crippen LogP contribution is -2.37. The van der Waals surface area contributed by atoms with Crippen molar-refractivity contribution in [3.8, 4) is 0 Å². The zero-order chi connectivity index (χ0) is 12.3. The quantitative estimate of drug-likeness (QED) is 0.901. The van der Waals surface area contributed by atoms with E-state index in [1.807, 2.05) is 11.3 Å². The summed E-state index contributed by atoms with van der Waals surface area (Å²) in [5.41, 5.74) is 1.49. The molecule has 0 amide bonds. The minimum absolute atomic E-state index is 0.526. The SMILES string of the molecule is CCNC(c1csc(C)c1)C1SCCSC1C. The molecular formula is C13H21NS3. The van der Waals surface area contributed by atoms with Crippen LogP contribution in [-0.2, 0) is 0 Å². The second-order valence-corrected chi connectivity index (χ2v) is 8.32. The van der Waals surface area contributed by atoms with Gasteiger partial charge in [-0.15, -0.1) is 11.3 Å². The van der Waals surface area contributed by atoms with Crippen molar-refractivity contribution < 1.29 is 0 Å². The Morgan fingerprint density at radius 1 is 1.41 bits per heavy atom. The minimum atomic E-state index is 0.526. The van der Waals surface area contributed by atoms with Crippen molar-refractivity contribution in [2.45, 2.75) is 37.3 Å². The summed E-state index contributed by atoms with van der Waals surface area (Å²) in [4.78, 5) is 1.42. The van der Waals surface area contributed by atoms with Crippen LogP contribution in [-0.4, -0.2) is 28.6 Å². The van der Waals surface area contributed by atoms with Gasteiger partial charge in [-0.05, 0) is 30.5 Å². The normalized spacial score (nSPS) is 27.0. The number of aryl methyl sites for hydroxylation is 1. The second-order valence-electron chi connectivity index (χ2n) is 4.44. The third-order valence-corrected chi connectivity index (χ3v) is 7.17. The van der Waals surface area contributed by atoms with E-state index in [-0.39, 0.29) is 0 Å². The molecule has 1 saturated heterocycles. The molecule has 1 aromatic rings. The molecule has 1 fully saturated rings. The Balaban J connectivity index is 2.15. The second kappa shape index (κ2) is 6.50. The fourth-order valence-electron chi connectivity index (χ4n) is 2.29. The number of hydrogen-bond acceptors (Lipinski definition) is 4.